The molecule has 0 radical (unpaired) electrons. The molecule has 0 aliphatic carbocycles. The Morgan fingerprint density at radius 3 is 2.00 bits per heavy atom. The highest BCUT2D eigenvalue weighted by molar-refractivity contribution is 7.59. The second kappa shape index (κ2) is 9.29. The largest absolute Gasteiger partial charge is 0.431 e. The Balaban J connectivity index is 0.000000342. The number of nitriles is 1. The first-order valence-corrected chi connectivity index (χ1v) is 7.18. The van der Waals surface area contributed by atoms with Gasteiger partial charge in [0.2, 0.25) is 5.91 Å². The highest BCUT2D eigenvalue weighted by Gasteiger charge is 2.21. The van der Waals surface area contributed by atoms with Crippen molar-refractivity contribution >= 4 is 13.5 Å². The molecule has 0 bridgehead atoms. The van der Waals surface area contributed by atoms with Crippen molar-refractivity contribution < 1.29 is 18.4 Å². The van der Waals surface area contributed by atoms with E-state index in [1.807, 2.05) is 6.07 Å². The van der Waals surface area contributed by atoms with Gasteiger partial charge in [0.1, 0.15) is 0 Å². The zero-order valence-electron chi connectivity index (χ0n) is 10.9. The van der Waals surface area contributed by atoms with Gasteiger partial charge in [0.25, 0.3) is 0 Å². The minimum atomic E-state index is -3.39. The minimum absolute atomic E-state index is 0.227. The molecule has 0 unspecified atom stereocenters. The molecule has 0 saturated heterocycles. The standard InChI is InChI=1S/C7H7NO.C5H10NO3P/c8-7(9)6-4-2-1-3-5-6;1-3-8-10(7,5-6)9-4-2/h1-5H,(H2,8,9);3-4H2,1-2H3. The Bertz CT molecular complexity index is 460. The third-order valence-electron chi connectivity index (χ3n) is 1.78. The summed E-state index contributed by atoms with van der Waals surface area (Å²) >= 11 is 0. The van der Waals surface area contributed by atoms with Gasteiger partial charge in [-0.2, -0.15) is 5.26 Å². The molecule has 0 fully saturated rings. The van der Waals surface area contributed by atoms with Crippen LogP contribution in [-0.4, -0.2) is 19.1 Å². The predicted octanol–water partition coefficient (Wildman–Crippen LogP) is 2.52. The van der Waals surface area contributed by atoms with Crippen LogP contribution < -0.4 is 5.73 Å². The van der Waals surface area contributed by atoms with Gasteiger partial charge < -0.3 is 5.73 Å². The van der Waals surface area contributed by atoms with E-state index in [1.165, 1.54) is 5.81 Å². The van der Waals surface area contributed by atoms with Gasteiger partial charge in [0.15, 0.2) is 5.81 Å². The van der Waals surface area contributed by atoms with E-state index in [1.54, 1.807) is 38.1 Å². The molecule has 0 aliphatic rings. The smallest absolute Gasteiger partial charge is 0.366 e. The lowest BCUT2D eigenvalue weighted by Gasteiger charge is -2.06. The highest BCUT2D eigenvalue weighted by Crippen LogP contribution is 2.46. The van der Waals surface area contributed by atoms with Crippen LogP contribution in [0.5, 0.6) is 0 Å². The van der Waals surface area contributed by atoms with Gasteiger partial charge in [-0.15, -0.1) is 0 Å². The topological polar surface area (TPSA) is 102 Å². The number of primary amides is 1. The van der Waals surface area contributed by atoms with Crippen molar-refractivity contribution in [1.29, 1.82) is 5.26 Å². The summed E-state index contributed by atoms with van der Waals surface area (Å²) in [5.74, 6) is 1.11. The van der Waals surface area contributed by atoms with E-state index in [9.17, 15) is 9.36 Å². The van der Waals surface area contributed by atoms with Crippen LogP contribution in [0.3, 0.4) is 0 Å². The number of rotatable bonds is 5. The maximum Gasteiger partial charge on any atom is 0.431 e. The van der Waals surface area contributed by atoms with Crippen LogP contribution in [0.25, 0.3) is 0 Å². The fourth-order valence-corrected chi connectivity index (χ4v) is 1.91. The normalized spacial score (nSPS) is 9.95. The number of carbonyl (C=O) groups excluding carboxylic acids is 1. The molecule has 0 aliphatic heterocycles. The van der Waals surface area contributed by atoms with Gasteiger partial charge in [0.05, 0.1) is 13.2 Å². The van der Waals surface area contributed by atoms with E-state index in [0.717, 1.165) is 0 Å². The van der Waals surface area contributed by atoms with Crippen LogP contribution in [0.15, 0.2) is 30.3 Å². The van der Waals surface area contributed by atoms with Crippen LogP contribution in [0.2, 0.25) is 0 Å². The summed E-state index contributed by atoms with van der Waals surface area (Å²) in [5, 5.41) is 8.28. The summed E-state index contributed by atoms with van der Waals surface area (Å²) in [7, 11) is -3.39. The molecule has 2 N–H and O–H groups in total. The second-order valence-electron chi connectivity index (χ2n) is 3.16. The van der Waals surface area contributed by atoms with Crippen LogP contribution in [0.4, 0.5) is 0 Å². The molecule has 0 aromatic heterocycles. The summed E-state index contributed by atoms with van der Waals surface area (Å²) in [4.78, 5) is 10.4. The molecule has 1 amide bonds. The maximum atomic E-state index is 11.0. The summed E-state index contributed by atoms with van der Waals surface area (Å²) in [6, 6.07) is 8.76. The fraction of sp³-hybridized carbons (Fsp3) is 0.333. The summed E-state index contributed by atoms with van der Waals surface area (Å²) in [5.41, 5.74) is 5.53. The molecular weight excluding hydrogens is 267 g/mol. The number of carbonyl (C=O) groups is 1. The Hall–Kier alpha value is -1.67. The molecule has 0 atom stereocenters. The molecule has 6 nitrogen and oxygen atoms in total. The Morgan fingerprint density at radius 1 is 1.26 bits per heavy atom. The Kier molecular flexibility index (Phi) is 8.47. The first-order chi connectivity index (χ1) is 8.99. The van der Waals surface area contributed by atoms with E-state index in [2.05, 4.69) is 9.05 Å². The maximum absolute atomic E-state index is 11.0. The average molecular weight is 284 g/mol. The minimum Gasteiger partial charge on any atom is -0.366 e. The summed E-state index contributed by atoms with van der Waals surface area (Å²) in [6.45, 7) is 3.77. The summed E-state index contributed by atoms with van der Waals surface area (Å²) in [6.07, 6.45) is 0. The van der Waals surface area contributed by atoms with E-state index in [4.69, 9.17) is 11.0 Å². The van der Waals surface area contributed by atoms with Gasteiger partial charge >= 0.3 is 7.60 Å². The lowest BCUT2D eigenvalue weighted by molar-refractivity contribution is 0.1000. The molecule has 1 aromatic carbocycles. The zero-order valence-corrected chi connectivity index (χ0v) is 11.8. The molecule has 19 heavy (non-hydrogen) atoms. The zero-order chi connectivity index (χ0) is 14.7. The van der Waals surface area contributed by atoms with Crippen molar-refractivity contribution in [2.24, 2.45) is 5.73 Å². The molecule has 7 heteroatoms. The molecule has 0 saturated carbocycles. The number of amides is 1. The molecule has 1 aromatic rings. The van der Waals surface area contributed by atoms with E-state index in [-0.39, 0.29) is 19.1 Å². The van der Waals surface area contributed by atoms with Crippen molar-refractivity contribution in [1.82, 2.24) is 0 Å². The quantitative estimate of drug-likeness (QED) is 0.837. The fourth-order valence-electron chi connectivity index (χ4n) is 1.04. The Labute approximate surface area is 112 Å². The number of nitrogens with two attached hydrogens (primary N) is 1. The number of hydrogen-bond donors (Lipinski definition) is 1. The monoisotopic (exact) mass is 284 g/mol. The molecule has 0 spiro atoms. The summed E-state index contributed by atoms with van der Waals surface area (Å²) < 4.78 is 20.2. The molecule has 0 heterocycles. The molecule has 104 valence electrons. The van der Waals surface area contributed by atoms with Gasteiger partial charge in [-0.1, -0.05) is 18.2 Å². The van der Waals surface area contributed by atoms with Crippen LogP contribution in [-0.2, 0) is 13.6 Å². The number of hydrogen-bond acceptors (Lipinski definition) is 5. The number of nitrogens with zero attached hydrogens (tertiary/aromatic N) is 1. The van der Waals surface area contributed by atoms with Gasteiger partial charge in [-0.25, -0.2) is 4.57 Å². The van der Waals surface area contributed by atoms with Crippen molar-refractivity contribution in [3.63, 3.8) is 0 Å². The average Bonchev–Trinajstić information content (AvgIpc) is 2.41. The second-order valence-corrected chi connectivity index (χ2v) is 4.87. The van der Waals surface area contributed by atoms with Crippen LogP contribution >= 0.6 is 7.60 Å². The molecular formula is C12H17N2O4P. The van der Waals surface area contributed by atoms with Crippen molar-refractivity contribution in [2.75, 3.05) is 13.2 Å². The van der Waals surface area contributed by atoms with Crippen molar-refractivity contribution in [3.05, 3.63) is 35.9 Å². The number of benzene rings is 1. The predicted molar refractivity (Wildman–Crippen MR) is 71.4 cm³/mol. The highest BCUT2D eigenvalue weighted by atomic mass is 31.2. The van der Waals surface area contributed by atoms with Gasteiger partial charge in [-0.05, 0) is 26.0 Å². The van der Waals surface area contributed by atoms with E-state index in [0.29, 0.717) is 5.56 Å². The van der Waals surface area contributed by atoms with E-state index >= 15 is 0 Å². The van der Waals surface area contributed by atoms with Gasteiger partial charge in [0, 0.05) is 5.56 Å². The van der Waals surface area contributed by atoms with Crippen LogP contribution in [0, 0.1) is 11.1 Å². The first-order valence-electron chi connectivity index (χ1n) is 5.64. The van der Waals surface area contributed by atoms with Crippen molar-refractivity contribution in [3.8, 4) is 5.81 Å². The third-order valence-corrected chi connectivity index (χ3v) is 3.22. The van der Waals surface area contributed by atoms with Crippen molar-refractivity contribution in [2.45, 2.75) is 13.8 Å². The van der Waals surface area contributed by atoms with Gasteiger partial charge in [-0.3, -0.25) is 13.8 Å². The molecule has 1 rings (SSSR count). The lowest BCUT2D eigenvalue weighted by Crippen LogP contribution is -2.09. The lowest BCUT2D eigenvalue weighted by atomic mass is 10.2. The van der Waals surface area contributed by atoms with E-state index < -0.39 is 7.60 Å². The third kappa shape index (κ3) is 7.37. The van der Waals surface area contributed by atoms with Crippen LogP contribution in [0.1, 0.15) is 24.2 Å². The first kappa shape index (κ1) is 17.3. The Morgan fingerprint density at radius 2 is 1.74 bits per heavy atom. The SMILES string of the molecule is CCOP(=O)(C#N)OCC.NC(=O)c1ccccc1.